The fraction of sp³-hybridized carbons (Fsp3) is 1.00. The van der Waals surface area contributed by atoms with Crippen LogP contribution in [-0.2, 0) is 4.74 Å². The van der Waals surface area contributed by atoms with Gasteiger partial charge < -0.3 is 10.1 Å². The Labute approximate surface area is 50.2 Å². The van der Waals surface area contributed by atoms with Gasteiger partial charge in [-0.25, -0.2) is 0 Å². The molecule has 1 rings (SSSR count). The van der Waals surface area contributed by atoms with E-state index in [0.29, 0.717) is 12.1 Å². The molecule has 48 valence electrons. The molecule has 2 nitrogen and oxygen atoms in total. The van der Waals surface area contributed by atoms with E-state index >= 15 is 0 Å². The first kappa shape index (κ1) is 6.05. The number of methoxy groups -OCH3 is 1. The lowest BCUT2D eigenvalue weighted by molar-refractivity contribution is 0.118. The third-order valence-electron chi connectivity index (χ3n) is 1.64. The smallest absolute Gasteiger partial charge is 0.0710 e. The summed E-state index contributed by atoms with van der Waals surface area (Å²) in [5.74, 6) is 0. The number of rotatable bonds is 1. The van der Waals surface area contributed by atoms with Crippen molar-refractivity contribution >= 4 is 0 Å². The number of hydrogen-bond donors (Lipinski definition) is 1. The van der Waals surface area contributed by atoms with Crippen molar-refractivity contribution in [1.82, 2.24) is 5.32 Å². The summed E-state index contributed by atoms with van der Waals surface area (Å²) in [5, 5.41) is 3.30. The van der Waals surface area contributed by atoms with Gasteiger partial charge in [-0.15, -0.1) is 0 Å². The van der Waals surface area contributed by atoms with Crippen LogP contribution < -0.4 is 5.32 Å². The quantitative estimate of drug-likeness (QED) is 0.533. The Bertz CT molecular complexity index is 74.9. The topological polar surface area (TPSA) is 21.3 Å². The van der Waals surface area contributed by atoms with Gasteiger partial charge in [0.15, 0.2) is 0 Å². The molecule has 8 heavy (non-hydrogen) atoms. The molecule has 0 saturated carbocycles. The van der Waals surface area contributed by atoms with Gasteiger partial charge >= 0.3 is 0 Å². The molecule has 2 atom stereocenters. The molecule has 0 amide bonds. The number of ether oxygens (including phenoxy) is 1. The normalized spacial score (nSPS) is 38.2. The molecule has 0 bridgehead atoms. The van der Waals surface area contributed by atoms with Crippen molar-refractivity contribution < 1.29 is 4.74 Å². The second-order valence-corrected chi connectivity index (χ2v) is 2.40. The van der Waals surface area contributed by atoms with Gasteiger partial charge in [-0.3, -0.25) is 0 Å². The maximum absolute atomic E-state index is 5.12. The van der Waals surface area contributed by atoms with Crippen molar-refractivity contribution in [2.45, 2.75) is 25.5 Å². The number of hydrogen-bond acceptors (Lipinski definition) is 2. The van der Waals surface area contributed by atoms with Gasteiger partial charge in [0.2, 0.25) is 0 Å². The van der Waals surface area contributed by atoms with Crippen LogP contribution in [0.5, 0.6) is 0 Å². The summed E-state index contributed by atoms with van der Waals surface area (Å²) < 4.78 is 5.12. The minimum atomic E-state index is 0.463. The first-order valence-electron chi connectivity index (χ1n) is 3.09. The fourth-order valence-corrected chi connectivity index (χ4v) is 1.07. The molecule has 1 N–H and O–H groups in total. The van der Waals surface area contributed by atoms with Gasteiger partial charge in [-0.2, -0.15) is 0 Å². The van der Waals surface area contributed by atoms with E-state index in [1.807, 2.05) is 0 Å². The van der Waals surface area contributed by atoms with Gasteiger partial charge in [0.05, 0.1) is 6.10 Å². The standard InChI is InChI=1S/C6H13NO/c1-5-3-6(8-2)4-7-5/h5-7H,3-4H2,1-2H3/t5?,6-/m1/s1. The predicted octanol–water partition coefficient (Wildman–Crippen LogP) is 0.383. The highest BCUT2D eigenvalue weighted by molar-refractivity contribution is 4.77. The molecule has 0 aromatic carbocycles. The lowest BCUT2D eigenvalue weighted by atomic mass is 10.2. The maximum Gasteiger partial charge on any atom is 0.0710 e. The van der Waals surface area contributed by atoms with Gasteiger partial charge in [-0.1, -0.05) is 0 Å². The zero-order valence-electron chi connectivity index (χ0n) is 5.48. The number of nitrogens with one attached hydrogen (secondary N) is 1. The Balaban J connectivity index is 2.22. The molecule has 0 aromatic heterocycles. The Hall–Kier alpha value is -0.0800. The SMILES string of the molecule is CO[C@H]1CNC(C)C1. The van der Waals surface area contributed by atoms with Gasteiger partial charge in [0, 0.05) is 19.7 Å². The zero-order chi connectivity index (χ0) is 5.98. The molecule has 1 heterocycles. The maximum atomic E-state index is 5.12. The Morgan fingerprint density at radius 3 is 2.62 bits per heavy atom. The van der Waals surface area contributed by atoms with E-state index in [9.17, 15) is 0 Å². The van der Waals surface area contributed by atoms with Crippen molar-refractivity contribution in [3.63, 3.8) is 0 Å². The van der Waals surface area contributed by atoms with E-state index < -0.39 is 0 Å². The minimum absolute atomic E-state index is 0.463. The van der Waals surface area contributed by atoms with Crippen molar-refractivity contribution in [1.29, 1.82) is 0 Å². The van der Waals surface area contributed by atoms with Crippen LogP contribution in [0.2, 0.25) is 0 Å². The molecule has 2 heteroatoms. The van der Waals surface area contributed by atoms with E-state index in [2.05, 4.69) is 12.2 Å². The van der Waals surface area contributed by atoms with Crippen LogP contribution in [0.15, 0.2) is 0 Å². The van der Waals surface area contributed by atoms with E-state index in [0.717, 1.165) is 13.0 Å². The third-order valence-corrected chi connectivity index (χ3v) is 1.64. The molecule has 0 spiro atoms. The summed E-state index contributed by atoms with van der Waals surface area (Å²) in [6.07, 6.45) is 1.63. The molecule has 0 aromatic rings. The largest absolute Gasteiger partial charge is 0.380 e. The molecule has 1 saturated heterocycles. The molecule has 1 unspecified atom stereocenters. The highest BCUT2D eigenvalue weighted by Gasteiger charge is 2.18. The lowest BCUT2D eigenvalue weighted by Crippen LogP contribution is -2.18. The summed E-state index contributed by atoms with van der Waals surface area (Å²) >= 11 is 0. The Kier molecular flexibility index (Phi) is 1.86. The fourth-order valence-electron chi connectivity index (χ4n) is 1.07. The van der Waals surface area contributed by atoms with E-state index in [1.54, 1.807) is 7.11 Å². The Morgan fingerprint density at radius 2 is 2.38 bits per heavy atom. The second kappa shape index (κ2) is 2.46. The predicted molar refractivity (Wildman–Crippen MR) is 32.9 cm³/mol. The van der Waals surface area contributed by atoms with Crippen LogP contribution in [-0.4, -0.2) is 25.8 Å². The van der Waals surface area contributed by atoms with Crippen LogP contribution in [0, 0.1) is 0 Å². The Morgan fingerprint density at radius 1 is 1.62 bits per heavy atom. The molecule has 0 aliphatic carbocycles. The highest BCUT2D eigenvalue weighted by atomic mass is 16.5. The lowest BCUT2D eigenvalue weighted by Gasteiger charge is -2.02. The van der Waals surface area contributed by atoms with Crippen molar-refractivity contribution in [3.05, 3.63) is 0 Å². The van der Waals surface area contributed by atoms with Crippen molar-refractivity contribution in [3.8, 4) is 0 Å². The van der Waals surface area contributed by atoms with E-state index in [4.69, 9.17) is 4.74 Å². The molecule has 1 fully saturated rings. The van der Waals surface area contributed by atoms with Crippen molar-refractivity contribution in [2.24, 2.45) is 0 Å². The molecular formula is C6H13NO. The molecular weight excluding hydrogens is 102 g/mol. The summed E-state index contributed by atoms with van der Waals surface area (Å²) in [5.41, 5.74) is 0. The highest BCUT2D eigenvalue weighted by Crippen LogP contribution is 2.07. The average molecular weight is 115 g/mol. The molecule has 0 radical (unpaired) electrons. The summed E-state index contributed by atoms with van der Waals surface area (Å²) in [6, 6.07) is 0.653. The average Bonchev–Trinajstić information content (AvgIpc) is 2.14. The first-order valence-corrected chi connectivity index (χ1v) is 3.09. The van der Waals surface area contributed by atoms with E-state index in [1.165, 1.54) is 0 Å². The van der Waals surface area contributed by atoms with Gasteiger partial charge in [0.25, 0.3) is 0 Å². The molecule has 1 aliphatic rings. The van der Waals surface area contributed by atoms with Crippen molar-refractivity contribution in [2.75, 3.05) is 13.7 Å². The molecule has 1 aliphatic heterocycles. The van der Waals surface area contributed by atoms with Gasteiger partial charge in [-0.05, 0) is 13.3 Å². The summed E-state index contributed by atoms with van der Waals surface area (Å²) in [7, 11) is 1.77. The van der Waals surface area contributed by atoms with Crippen LogP contribution >= 0.6 is 0 Å². The van der Waals surface area contributed by atoms with Crippen LogP contribution in [0.1, 0.15) is 13.3 Å². The third kappa shape index (κ3) is 1.20. The first-order chi connectivity index (χ1) is 3.83. The second-order valence-electron chi connectivity index (χ2n) is 2.40. The van der Waals surface area contributed by atoms with E-state index in [-0.39, 0.29) is 0 Å². The summed E-state index contributed by atoms with van der Waals surface area (Å²) in [4.78, 5) is 0. The summed E-state index contributed by atoms with van der Waals surface area (Å²) in [6.45, 7) is 3.21. The van der Waals surface area contributed by atoms with Crippen LogP contribution in [0.3, 0.4) is 0 Å². The van der Waals surface area contributed by atoms with Gasteiger partial charge in [0.1, 0.15) is 0 Å². The van der Waals surface area contributed by atoms with Crippen LogP contribution in [0.25, 0.3) is 0 Å². The monoisotopic (exact) mass is 115 g/mol. The minimum Gasteiger partial charge on any atom is -0.380 e. The zero-order valence-corrected chi connectivity index (χ0v) is 5.48. The van der Waals surface area contributed by atoms with Crippen LogP contribution in [0.4, 0.5) is 0 Å².